The van der Waals surface area contributed by atoms with Crippen LogP contribution in [0.5, 0.6) is 0 Å². The van der Waals surface area contributed by atoms with Crippen LogP contribution in [0.25, 0.3) is 0 Å². The van der Waals surface area contributed by atoms with Crippen molar-refractivity contribution in [2.24, 2.45) is 0 Å². The second kappa shape index (κ2) is 6.21. The number of rotatable bonds is 3. The molecule has 0 bridgehead atoms. The number of quaternary nitrogens is 1. The van der Waals surface area contributed by atoms with Crippen LogP contribution >= 0.6 is 0 Å². The first-order chi connectivity index (χ1) is 5.29. The Labute approximate surface area is 84.7 Å². The fourth-order valence-electron chi connectivity index (χ4n) is 1.06. The van der Waals surface area contributed by atoms with Crippen LogP contribution in [-0.2, 0) is 6.42 Å². The first-order valence-corrected chi connectivity index (χ1v) is 4.16. The summed E-state index contributed by atoms with van der Waals surface area (Å²) in [5.74, 6) is 0. The summed E-state index contributed by atoms with van der Waals surface area (Å²) >= 11 is 0. The van der Waals surface area contributed by atoms with E-state index >= 15 is 0 Å². The number of hydrogen-bond acceptors (Lipinski definition) is 0. The van der Waals surface area contributed by atoms with Crippen LogP contribution in [0.3, 0.4) is 0 Å². The molecule has 0 saturated heterocycles. The summed E-state index contributed by atoms with van der Waals surface area (Å²) in [5, 5.41) is 0. The summed E-state index contributed by atoms with van der Waals surface area (Å²) < 4.78 is 0. The van der Waals surface area contributed by atoms with Crippen molar-refractivity contribution in [3.63, 3.8) is 0 Å². The Morgan fingerprint density at radius 3 is 2.33 bits per heavy atom. The maximum atomic E-state index is 3.95. The molecule has 12 heavy (non-hydrogen) atoms. The highest BCUT2D eigenvalue weighted by Gasteiger charge is 1.97. The second-order valence-electron chi connectivity index (χ2n) is 3.13. The van der Waals surface area contributed by atoms with Gasteiger partial charge in [-0.15, -0.1) is 0 Å². The summed E-state index contributed by atoms with van der Waals surface area (Å²) in [7, 11) is 0. The quantitative estimate of drug-likeness (QED) is 0.638. The van der Waals surface area contributed by atoms with Crippen molar-refractivity contribution < 1.29 is 22.7 Å². The highest BCUT2D eigenvalue weighted by Crippen LogP contribution is 2.02. The minimum absolute atomic E-state index is 0. The van der Waals surface area contributed by atoms with Crippen molar-refractivity contribution in [1.82, 2.24) is 0 Å². The molecule has 1 rings (SSSR count). The molecule has 1 nitrogen and oxygen atoms in total. The first kappa shape index (κ1) is 11.7. The molecule has 3 N–H and O–H groups in total. The maximum absolute atomic E-state index is 3.95. The van der Waals surface area contributed by atoms with Crippen molar-refractivity contribution in [3.05, 3.63) is 35.9 Å². The fraction of sp³-hybridized carbons (Fsp3) is 0.400. The van der Waals surface area contributed by atoms with Gasteiger partial charge in [0.1, 0.15) is 0 Å². The van der Waals surface area contributed by atoms with Gasteiger partial charge in [-0.1, -0.05) is 30.3 Å². The first-order valence-electron chi connectivity index (χ1n) is 4.16. The van der Waals surface area contributed by atoms with Gasteiger partial charge >= 0.3 is 0 Å². The van der Waals surface area contributed by atoms with Gasteiger partial charge in [0.2, 0.25) is 0 Å². The van der Waals surface area contributed by atoms with Crippen molar-refractivity contribution in [1.29, 1.82) is 0 Å². The highest BCUT2D eigenvalue weighted by atomic mass is 79.9. The van der Waals surface area contributed by atoms with E-state index in [0.29, 0.717) is 6.04 Å². The topological polar surface area (TPSA) is 27.6 Å². The average Bonchev–Trinajstić information content (AvgIpc) is 2.03. The minimum Gasteiger partial charge on any atom is -1.00 e. The predicted octanol–water partition coefficient (Wildman–Crippen LogP) is -1.75. The van der Waals surface area contributed by atoms with Gasteiger partial charge in [0.15, 0.2) is 0 Å². The number of benzene rings is 1. The molecule has 0 aliphatic heterocycles. The molecule has 0 saturated carbocycles. The third-order valence-electron chi connectivity index (χ3n) is 1.77. The molecular weight excluding hydrogens is 214 g/mol. The molecule has 0 amide bonds. The minimum atomic E-state index is 0. The van der Waals surface area contributed by atoms with Gasteiger partial charge in [-0.2, -0.15) is 0 Å². The van der Waals surface area contributed by atoms with E-state index < -0.39 is 0 Å². The van der Waals surface area contributed by atoms with E-state index in [1.165, 1.54) is 12.0 Å². The van der Waals surface area contributed by atoms with E-state index in [0.717, 1.165) is 6.42 Å². The van der Waals surface area contributed by atoms with Gasteiger partial charge in [0, 0.05) is 6.42 Å². The van der Waals surface area contributed by atoms with Crippen LogP contribution in [0.15, 0.2) is 30.3 Å². The van der Waals surface area contributed by atoms with Gasteiger partial charge < -0.3 is 22.7 Å². The number of hydrogen-bond donors (Lipinski definition) is 1. The number of halogens is 1. The Morgan fingerprint density at radius 2 is 1.83 bits per heavy atom. The van der Waals surface area contributed by atoms with Crippen molar-refractivity contribution in [2.45, 2.75) is 25.8 Å². The molecule has 0 spiro atoms. The van der Waals surface area contributed by atoms with Crippen LogP contribution in [-0.4, -0.2) is 6.04 Å². The zero-order valence-corrected chi connectivity index (χ0v) is 9.05. The van der Waals surface area contributed by atoms with Gasteiger partial charge in [0.25, 0.3) is 0 Å². The molecule has 0 fully saturated rings. The summed E-state index contributed by atoms with van der Waals surface area (Å²) in [4.78, 5) is 0. The third kappa shape index (κ3) is 4.52. The lowest BCUT2D eigenvalue weighted by atomic mass is 10.1. The van der Waals surface area contributed by atoms with Gasteiger partial charge in [0.05, 0.1) is 6.04 Å². The van der Waals surface area contributed by atoms with E-state index in [1.54, 1.807) is 0 Å². The van der Waals surface area contributed by atoms with Crippen LogP contribution in [0, 0.1) is 0 Å². The molecule has 0 heterocycles. The SMILES string of the molecule is CC([NH3+])CCc1ccccc1.[Br-]. The Balaban J connectivity index is 0.00000121. The molecule has 0 aliphatic carbocycles. The molecule has 1 aromatic rings. The zero-order chi connectivity index (χ0) is 8.10. The Morgan fingerprint density at radius 1 is 1.25 bits per heavy atom. The van der Waals surface area contributed by atoms with E-state index in [2.05, 4.69) is 43.0 Å². The van der Waals surface area contributed by atoms with E-state index in [1.807, 2.05) is 0 Å². The lowest BCUT2D eigenvalue weighted by molar-refractivity contribution is -0.415. The summed E-state index contributed by atoms with van der Waals surface area (Å²) in [6.07, 6.45) is 2.34. The molecule has 1 atom stereocenters. The van der Waals surface area contributed by atoms with Crippen molar-refractivity contribution >= 4 is 0 Å². The van der Waals surface area contributed by atoms with Gasteiger partial charge in [-0.05, 0) is 18.9 Å². The fourth-order valence-corrected chi connectivity index (χ4v) is 1.06. The molecule has 2 heteroatoms. The molecule has 0 aliphatic rings. The Kier molecular flexibility index (Phi) is 6.03. The maximum Gasteiger partial charge on any atom is 0.0818 e. The Bertz CT molecular complexity index is 196. The monoisotopic (exact) mass is 229 g/mol. The van der Waals surface area contributed by atoms with Crippen LogP contribution < -0.4 is 22.7 Å². The third-order valence-corrected chi connectivity index (χ3v) is 1.77. The van der Waals surface area contributed by atoms with Crippen molar-refractivity contribution in [2.75, 3.05) is 0 Å². The lowest BCUT2D eigenvalue weighted by Gasteiger charge is -2.01. The lowest BCUT2D eigenvalue weighted by Crippen LogP contribution is -3.00. The number of aryl methyl sites for hydroxylation is 1. The molecule has 68 valence electrons. The molecule has 0 aromatic heterocycles. The van der Waals surface area contributed by atoms with E-state index in [-0.39, 0.29) is 17.0 Å². The standard InChI is InChI=1S/C10H15N.BrH/c1-9(11)7-8-10-5-3-2-4-6-10;/h2-6,9H,7-8,11H2,1H3;1H. The predicted molar refractivity (Wildman–Crippen MR) is 47.1 cm³/mol. The van der Waals surface area contributed by atoms with Gasteiger partial charge in [-0.3, -0.25) is 0 Å². The van der Waals surface area contributed by atoms with E-state index in [9.17, 15) is 0 Å². The smallest absolute Gasteiger partial charge is 0.0818 e. The molecular formula is C10H16BrN. The summed E-state index contributed by atoms with van der Waals surface area (Å²) in [6.45, 7) is 2.16. The highest BCUT2D eigenvalue weighted by molar-refractivity contribution is 5.14. The molecule has 0 radical (unpaired) electrons. The van der Waals surface area contributed by atoms with Crippen LogP contribution in [0.2, 0.25) is 0 Å². The Hall–Kier alpha value is -0.340. The van der Waals surface area contributed by atoms with Crippen molar-refractivity contribution in [3.8, 4) is 0 Å². The zero-order valence-electron chi connectivity index (χ0n) is 7.46. The average molecular weight is 230 g/mol. The summed E-state index contributed by atoms with van der Waals surface area (Å²) in [6, 6.07) is 11.1. The second-order valence-corrected chi connectivity index (χ2v) is 3.13. The normalized spacial score (nSPS) is 11.8. The molecule has 1 aromatic carbocycles. The summed E-state index contributed by atoms with van der Waals surface area (Å²) in [5.41, 5.74) is 5.37. The van der Waals surface area contributed by atoms with Crippen LogP contribution in [0.4, 0.5) is 0 Å². The largest absolute Gasteiger partial charge is 1.00 e. The van der Waals surface area contributed by atoms with Gasteiger partial charge in [-0.25, -0.2) is 0 Å². The van der Waals surface area contributed by atoms with Crippen LogP contribution in [0.1, 0.15) is 18.9 Å². The molecule has 1 unspecified atom stereocenters. The van der Waals surface area contributed by atoms with E-state index in [4.69, 9.17) is 0 Å².